The van der Waals surface area contributed by atoms with E-state index in [1.54, 1.807) is 0 Å². The molecule has 0 aliphatic heterocycles. The first kappa shape index (κ1) is 8.14. The van der Waals surface area contributed by atoms with Gasteiger partial charge in [0.1, 0.15) is 0 Å². The minimum atomic E-state index is -0.530. The van der Waals surface area contributed by atoms with Crippen LogP contribution in [0.1, 0.15) is 0 Å². The van der Waals surface area contributed by atoms with Crippen molar-refractivity contribution in [3.05, 3.63) is 33.1 Å². The summed E-state index contributed by atoms with van der Waals surface area (Å²) in [6.45, 7) is 0.132. The van der Waals surface area contributed by atoms with E-state index in [-0.39, 0.29) is 6.54 Å². The van der Waals surface area contributed by atoms with Crippen LogP contribution >= 0.6 is 0 Å². The molecule has 1 rings (SSSR count). The van der Waals surface area contributed by atoms with Crippen LogP contribution in [0.2, 0.25) is 0 Å². The maximum absolute atomic E-state index is 11.0. The van der Waals surface area contributed by atoms with E-state index < -0.39 is 11.2 Å². The standard InChI is InChI=1S/C7H7N3O2/c1-2-4-9-10-6(11)3-5-8-7(10)12/h1,3,5,9H,4H2,(H,8,12). The zero-order valence-corrected chi connectivity index (χ0v) is 6.20. The fraction of sp³-hybridized carbons (Fsp3) is 0.143. The van der Waals surface area contributed by atoms with E-state index in [1.165, 1.54) is 12.3 Å². The predicted molar refractivity (Wildman–Crippen MR) is 44.4 cm³/mol. The molecule has 2 N–H and O–H groups in total. The van der Waals surface area contributed by atoms with E-state index in [0.29, 0.717) is 0 Å². The molecular formula is C7H7N3O2. The van der Waals surface area contributed by atoms with Crippen LogP contribution in [-0.2, 0) is 0 Å². The normalized spacial score (nSPS) is 8.92. The van der Waals surface area contributed by atoms with Crippen molar-refractivity contribution < 1.29 is 0 Å². The van der Waals surface area contributed by atoms with E-state index in [0.717, 1.165) is 4.68 Å². The van der Waals surface area contributed by atoms with E-state index in [9.17, 15) is 9.59 Å². The lowest BCUT2D eigenvalue weighted by molar-refractivity contribution is 0.772. The van der Waals surface area contributed by atoms with Crippen molar-refractivity contribution in [2.75, 3.05) is 12.0 Å². The molecule has 0 atom stereocenters. The maximum Gasteiger partial charge on any atom is 0.347 e. The van der Waals surface area contributed by atoms with Gasteiger partial charge < -0.3 is 10.4 Å². The maximum atomic E-state index is 11.0. The van der Waals surface area contributed by atoms with Crippen molar-refractivity contribution >= 4 is 0 Å². The number of terminal acetylenes is 1. The number of hydrogen-bond acceptors (Lipinski definition) is 3. The second-order valence-corrected chi connectivity index (χ2v) is 2.00. The van der Waals surface area contributed by atoms with E-state index in [1.807, 2.05) is 0 Å². The van der Waals surface area contributed by atoms with Gasteiger partial charge in [-0.1, -0.05) is 5.92 Å². The Morgan fingerprint density at radius 2 is 2.42 bits per heavy atom. The molecule has 0 aromatic carbocycles. The summed E-state index contributed by atoms with van der Waals surface area (Å²) in [6, 6.07) is 1.23. The number of aromatic amines is 1. The van der Waals surface area contributed by atoms with E-state index in [4.69, 9.17) is 6.42 Å². The SMILES string of the molecule is C#CCNn1c(=O)cc[nH]c1=O. The molecule has 0 aliphatic rings. The highest BCUT2D eigenvalue weighted by Gasteiger charge is 1.95. The van der Waals surface area contributed by atoms with Crippen LogP contribution in [-0.4, -0.2) is 16.2 Å². The summed E-state index contributed by atoms with van der Waals surface area (Å²) in [5, 5.41) is 0. The van der Waals surface area contributed by atoms with Crippen LogP contribution < -0.4 is 16.7 Å². The zero-order valence-electron chi connectivity index (χ0n) is 6.20. The van der Waals surface area contributed by atoms with Crippen LogP contribution in [0.5, 0.6) is 0 Å². The molecule has 0 amide bonds. The number of hydrogen-bond donors (Lipinski definition) is 2. The topological polar surface area (TPSA) is 66.9 Å². The van der Waals surface area contributed by atoms with Crippen LogP contribution in [0.15, 0.2) is 21.9 Å². The Labute approximate surface area is 68.0 Å². The second kappa shape index (κ2) is 3.44. The fourth-order valence-electron chi connectivity index (χ4n) is 0.698. The van der Waals surface area contributed by atoms with Crippen molar-refractivity contribution in [1.82, 2.24) is 9.66 Å². The minimum absolute atomic E-state index is 0.132. The smallest absolute Gasteiger partial charge is 0.312 e. The van der Waals surface area contributed by atoms with Gasteiger partial charge in [-0.15, -0.1) is 6.42 Å². The summed E-state index contributed by atoms with van der Waals surface area (Å²) in [4.78, 5) is 24.2. The summed E-state index contributed by atoms with van der Waals surface area (Å²) in [6.07, 6.45) is 6.21. The average molecular weight is 165 g/mol. The molecule has 0 spiro atoms. The zero-order chi connectivity index (χ0) is 8.97. The largest absolute Gasteiger partial charge is 0.347 e. The molecular weight excluding hydrogens is 158 g/mol. The molecule has 1 aromatic heterocycles. The van der Waals surface area contributed by atoms with Gasteiger partial charge >= 0.3 is 5.69 Å². The summed E-state index contributed by atoms with van der Waals surface area (Å²) >= 11 is 0. The van der Waals surface area contributed by atoms with Gasteiger partial charge in [0.25, 0.3) is 5.56 Å². The molecule has 0 aliphatic carbocycles. The molecule has 0 radical (unpaired) electrons. The molecule has 0 saturated carbocycles. The van der Waals surface area contributed by atoms with Crippen molar-refractivity contribution in [2.24, 2.45) is 0 Å². The van der Waals surface area contributed by atoms with Crippen molar-refractivity contribution in [3.8, 4) is 12.3 Å². The molecule has 5 heteroatoms. The number of H-pyrrole nitrogens is 1. The molecule has 0 unspecified atom stereocenters. The summed E-state index contributed by atoms with van der Waals surface area (Å²) in [5.41, 5.74) is 1.49. The Balaban J connectivity index is 3.07. The van der Waals surface area contributed by atoms with Crippen molar-refractivity contribution in [1.29, 1.82) is 0 Å². The highest BCUT2D eigenvalue weighted by Crippen LogP contribution is 1.62. The number of nitrogens with one attached hydrogen (secondary N) is 2. The molecule has 0 fully saturated rings. The van der Waals surface area contributed by atoms with Gasteiger partial charge in [-0.05, 0) is 0 Å². The minimum Gasteiger partial charge on any atom is -0.312 e. The molecule has 1 aromatic rings. The second-order valence-electron chi connectivity index (χ2n) is 2.00. The highest BCUT2D eigenvalue weighted by atomic mass is 16.2. The van der Waals surface area contributed by atoms with E-state index in [2.05, 4.69) is 16.3 Å². The lowest BCUT2D eigenvalue weighted by Gasteiger charge is -2.01. The molecule has 0 bridgehead atoms. The van der Waals surface area contributed by atoms with Crippen LogP contribution in [0, 0.1) is 12.3 Å². The first-order valence-electron chi connectivity index (χ1n) is 3.24. The molecule has 0 saturated heterocycles. The summed E-state index contributed by atoms with van der Waals surface area (Å²) in [5.74, 6) is 2.25. The third-order valence-corrected chi connectivity index (χ3v) is 1.20. The van der Waals surface area contributed by atoms with Gasteiger partial charge in [-0.25, -0.2) is 4.79 Å². The third kappa shape index (κ3) is 1.55. The third-order valence-electron chi connectivity index (χ3n) is 1.20. The highest BCUT2D eigenvalue weighted by molar-refractivity contribution is 4.95. The molecule has 1 heterocycles. The number of aromatic nitrogens is 2. The van der Waals surface area contributed by atoms with Gasteiger partial charge in [0, 0.05) is 12.3 Å². The van der Waals surface area contributed by atoms with Crippen LogP contribution in [0.3, 0.4) is 0 Å². The quantitative estimate of drug-likeness (QED) is 0.536. The average Bonchev–Trinajstić information content (AvgIpc) is 2.04. The number of rotatable bonds is 2. The lowest BCUT2D eigenvalue weighted by atomic mass is 10.6. The van der Waals surface area contributed by atoms with Gasteiger partial charge in [0.05, 0.1) is 6.54 Å². The monoisotopic (exact) mass is 165 g/mol. The van der Waals surface area contributed by atoms with Gasteiger partial charge in [-0.3, -0.25) is 4.79 Å². The van der Waals surface area contributed by atoms with Gasteiger partial charge in [-0.2, -0.15) is 4.68 Å². The van der Waals surface area contributed by atoms with Crippen LogP contribution in [0.4, 0.5) is 0 Å². The molecule has 12 heavy (non-hydrogen) atoms. The van der Waals surface area contributed by atoms with Crippen LogP contribution in [0.25, 0.3) is 0 Å². The Morgan fingerprint density at radius 3 is 3.00 bits per heavy atom. The van der Waals surface area contributed by atoms with E-state index >= 15 is 0 Å². The van der Waals surface area contributed by atoms with Gasteiger partial charge in [0.2, 0.25) is 0 Å². The first-order chi connectivity index (χ1) is 5.75. The Kier molecular flexibility index (Phi) is 2.33. The Morgan fingerprint density at radius 1 is 1.67 bits per heavy atom. The Hall–Kier alpha value is -1.96. The summed E-state index contributed by atoms with van der Waals surface area (Å²) < 4.78 is 0.819. The first-order valence-corrected chi connectivity index (χ1v) is 3.24. The molecule has 62 valence electrons. The predicted octanol–water partition coefficient (Wildman–Crippen LogP) is -1.29. The van der Waals surface area contributed by atoms with Crippen molar-refractivity contribution in [3.63, 3.8) is 0 Å². The lowest BCUT2D eigenvalue weighted by Crippen LogP contribution is -2.40. The molecule has 5 nitrogen and oxygen atoms in total. The van der Waals surface area contributed by atoms with Gasteiger partial charge in [0.15, 0.2) is 0 Å². The Bertz CT molecular complexity index is 381. The van der Waals surface area contributed by atoms with Crippen molar-refractivity contribution in [2.45, 2.75) is 0 Å². The number of nitrogens with zero attached hydrogens (tertiary/aromatic N) is 1. The summed E-state index contributed by atoms with van der Waals surface area (Å²) in [7, 11) is 0. The fourth-order valence-corrected chi connectivity index (χ4v) is 0.698.